The minimum atomic E-state index is -4.99. The number of benzene rings is 3. The Balaban J connectivity index is 2.27. The van der Waals surface area contributed by atoms with Crippen molar-refractivity contribution in [2.45, 2.75) is 9.79 Å². The maximum atomic E-state index is 12.4. The van der Waals surface area contributed by atoms with Gasteiger partial charge in [-0.15, -0.1) is 0 Å². The van der Waals surface area contributed by atoms with E-state index < -0.39 is 41.7 Å². The van der Waals surface area contributed by atoms with E-state index in [1.54, 1.807) is 18.2 Å². The first-order valence-corrected chi connectivity index (χ1v) is 10.4. The van der Waals surface area contributed by atoms with Crippen LogP contribution in [0.4, 0.5) is 5.69 Å². The third kappa shape index (κ3) is 3.97. The highest BCUT2D eigenvalue weighted by Gasteiger charge is 2.17. The molecule has 0 aliphatic rings. The number of carbonyl (C=O) groups is 1. The number of anilines is 1. The van der Waals surface area contributed by atoms with Crippen molar-refractivity contribution in [3.8, 4) is 5.75 Å². The fraction of sp³-hybridized carbons (Fsp3) is 0. The van der Waals surface area contributed by atoms with Crippen LogP contribution < -0.4 is 5.32 Å². The summed E-state index contributed by atoms with van der Waals surface area (Å²) in [5, 5.41) is 12.2. The summed E-state index contributed by atoms with van der Waals surface area (Å²) in [5.41, 5.74) is -0.0302. The van der Waals surface area contributed by atoms with Crippen LogP contribution in [0.1, 0.15) is 10.4 Å². The first-order valence-electron chi connectivity index (χ1n) is 7.56. The molecule has 9 nitrogen and oxygen atoms in total. The number of carbonyl (C=O) groups excluding carboxylic acids is 1. The number of rotatable bonds is 4. The van der Waals surface area contributed by atoms with Gasteiger partial charge in [0.15, 0.2) is 0 Å². The second kappa shape index (κ2) is 6.87. The topological polar surface area (TPSA) is 164 Å². The zero-order valence-corrected chi connectivity index (χ0v) is 15.5. The summed E-state index contributed by atoms with van der Waals surface area (Å²) in [4.78, 5) is 10.8. The first kappa shape index (κ1) is 19.8. The molecule has 146 valence electrons. The van der Waals surface area contributed by atoms with Crippen molar-refractivity contribution in [2.24, 2.45) is 0 Å². The SMILES string of the molecule is O=C(Nc1cc(S(=O)(=O)[O-])cc2cc(S(=O)(=O)[O-])cc(O)c12)c1ccccc1. The van der Waals surface area contributed by atoms with Crippen LogP contribution in [0.25, 0.3) is 10.8 Å². The van der Waals surface area contributed by atoms with Gasteiger partial charge in [-0.25, -0.2) is 16.8 Å². The lowest BCUT2D eigenvalue weighted by Crippen LogP contribution is -2.13. The Kier molecular flexibility index (Phi) is 4.85. The maximum Gasteiger partial charge on any atom is 0.255 e. The molecule has 0 saturated heterocycles. The summed E-state index contributed by atoms with van der Waals surface area (Å²) < 4.78 is 68.0. The molecule has 0 radical (unpaired) electrons. The fourth-order valence-electron chi connectivity index (χ4n) is 2.61. The average molecular weight is 421 g/mol. The van der Waals surface area contributed by atoms with Crippen LogP contribution in [-0.2, 0) is 20.2 Å². The van der Waals surface area contributed by atoms with E-state index in [0.29, 0.717) is 6.07 Å². The highest BCUT2D eigenvalue weighted by molar-refractivity contribution is 7.86. The van der Waals surface area contributed by atoms with Gasteiger partial charge in [0.1, 0.15) is 26.0 Å². The normalized spacial score (nSPS) is 12.1. The molecule has 0 heterocycles. The van der Waals surface area contributed by atoms with Gasteiger partial charge in [-0.2, -0.15) is 0 Å². The monoisotopic (exact) mass is 421 g/mol. The Labute approximate surface area is 159 Å². The lowest BCUT2D eigenvalue weighted by Gasteiger charge is -2.16. The van der Waals surface area contributed by atoms with Crippen molar-refractivity contribution < 1.29 is 35.8 Å². The van der Waals surface area contributed by atoms with Gasteiger partial charge >= 0.3 is 0 Å². The molecule has 2 N–H and O–H groups in total. The van der Waals surface area contributed by atoms with Crippen LogP contribution in [0.5, 0.6) is 5.75 Å². The Morgan fingerprint density at radius 2 is 1.39 bits per heavy atom. The Hall–Kier alpha value is -2.99. The van der Waals surface area contributed by atoms with Crippen LogP contribution in [0.3, 0.4) is 0 Å². The van der Waals surface area contributed by atoms with Crippen molar-refractivity contribution in [3.63, 3.8) is 0 Å². The van der Waals surface area contributed by atoms with E-state index in [0.717, 1.165) is 18.2 Å². The summed E-state index contributed by atoms with van der Waals surface area (Å²) in [5.74, 6) is -1.35. The van der Waals surface area contributed by atoms with Gasteiger partial charge < -0.3 is 19.5 Å². The van der Waals surface area contributed by atoms with E-state index in [-0.39, 0.29) is 22.0 Å². The number of fused-ring (bicyclic) bond motifs is 1. The second-order valence-corrected chi connectivity index (χ2v) is 8.50. The smallest absolute Gasteiger partial charge is 0.255 e. The van der Waals surface area contributed by atoms with E-state index >= 15 is 0 Å². The van der Waals surface area contributed by atoms with Crippen LogP contribution in [0.2, 0.25) is 0 Å². The van der Waals surface area contributed by atoms with Crippen molar-refractivity contribution >= 4 is 42.6 Å². The number of phenols is 1. The van der Waals surface area contributed by atoms with Crippen molar-refractivity contribution in [3.05, 3.63) is 60.2 Å². The molecule has 0 bridgehead atoms. The number of hydrogen-bond acceptors (Lipinski definition) is 8. The highest BCUT2D eigenvalue weighted by atomic mass is 32.2. The van der Waals surface area contributed by atoms with Crippen LogP contribution >= 0.6 is 0 Å². The summed E-state index contributed by atoms with van der Waals surface area (Å²) in [6, 6.07) is 11.0. The van der Waals surface area contributed by atoms with Gasteiger partial charge in [-0.3, -0.25) is 4.79 Å². The molecule has 1 amide bonds. The van der Waals surface area contributed by atoms with Gasteiger partial charge in [-0.1, -0.05) is 18.2 Å². The molecule has 0 spiro atoms. The van der Waals surface area contributed by atoms with Gasteiger partial charge in [0.25, 0.3) is 5.91 Å². The molecule has 3 aromatic rings. The standard InChI is InChI=1S/C17H13NO8S2/c19-15-9-13(28(24,25)26)7-11-6-12(27(21,22)23)8-14(16(11)15)18-17(20)10-4-2-1-3-5-10/h1-9,19H,(H,18,20)(H,21,22,23)(H,24,25,26)/p-2. The minimum Gasteiger partial charge on any atom is -0.744 e. The molecule has 3 aromatic carbocycles. The lowest BCUT2D eigenvalue weighted by atomic mass is 10.1. The Morgan fingerprint density at radius 1 is 0.857 bits per heavy atom. The summed E-state index contributed by atoms with van der Waals surface area (Å²) in [6.45, 7) is 0. The van der Waals surface area contributed by atoms with Gasteiger partial charge in [0.05, 0.1) is 15.5 Å². The number of hydrogen-bond donors (Lipinski definition) is 2. The Bertz CT molecular complexity index is 1290. The molecule has 11 heteroatoms. The molecular weight excluding hydrogens is 410 g/mol. The number of nitrogens with one attached hydrogen (secondary N) is 1. The quantitative estimate of drug-likeness (QED) is 0.600. The molecule has 0 aliphatic heterocycles. The zero-order valence-electron chi connectivity index (χ0n) is 13.8. The predicted molar refractivity (Wildman–Crippen MR) is 95.9 cm³/mol. The van der Waals surface area contributed by atoms with Crippen LogP contribution in [0, 0.1) is 0 Å². The maximum absolute atomic E-state index is 12.4. The molecule has 0 aliphatic carbocycles. The van der Waals surface area contributed by atoms with E-state index in [9.17, 15) is 35.8 Å². The van der Waals surface area contributed by atoms with Crippen molar-refractivity contribution in [2.75, 3.05) is 5.32 Å². The molecular formula is C17H11NO8S2-2. The highest BCUT2D eigenvalue weighted by Crippen LogP contribution is 2.36. The fourth-order valence-corrected chi connectivity index (χ4v) is 3.67. The summed E-state index contributed by atoms with van der Waals surface area (Å²) >= 11 is 0. The molecule has 28 heavy (non-hydrogen) atoms. The van der Waals surface area contributed by atoms with E-state index in [1.807, 2.05) is 0 Å². The molecule has 3 rings (SSSR count). The van der Waals surface area contributed by atoms with Gasteiger partial charge in [0.2, 0.25) is 0 Å². The number of phenolic OH excluding ortho intramolecular Hbond substituents is 1. The molecule has 0 fully saturated rings. The third-order valence-corrected chi connectivity index (χ3v) is 5.46. The lowest BCUT2D eigenvalue weighted by molar-refractivity contribution is 0.102. The van der Waals surface area contributed by atoms with Crippen LogP contribution in [0.15, 0.2) is 64.4 Å². The van der Waals surface area contributed by atoms with E-state index in [2.05, 4.69) is 5.32 Å². The molecule has 0 aromatic heterocycles. The second-order valence-electron chi connectivity index (χ2n) is 5.74. The van der Waals surface area contributed by atoms with E-state index in [1.165, 1.54) is 12.1 Å². The molecule has 0 unspecified atom stereocenters. The zero-order chi connectivity index (χ0) is 20.7. The van der Waals surface area contributed by atoms with Crippen molar-refractivity contribution in [1.29, 1.82) is 0 Å². The minimum absolute atomic E-state index is 0.135. The first-order chi connectivity index (χ1) is 13.0. The largest absolute Gasteiger partial charge is 0.744 e. The molecule has 0 atom stereocenters. The number of aromatic hydroxyl groups is 1. The summed E-state index contributed by atoms with van der Waals surface area (Å²) in [7, 11) is -9.96. The van der Waals surface area contributed by atoms with Gasteiger partial charge in [0, 0.05) is 10.9 Å². The van der Waals surface area contributed by atoms with Gasteiger partial charge in [-0.05, 0) is 41.8 Å². The van der Waals surface area contributed by atoms with Crippen LogP contribution in [-0.4, -0.2) is 37.0 Å². The Morgan fingerprint density at radius 3 is 1.93 bits per heavy atom. The average Bonchev–Trinajstić information content (AvgIpc) is 2.60. The molecule has 0 saturated carbocycles. The number of amides is 1. The summed E-state index contributed by atoms with van der Waals surface area (Å²) in [6.07, 6.45) is 0. The third-order valence-electron chi connectivity index (χ3n) is 3.84. The van der Waals surface area contributed by atoms with Crippen molar-refractivity contribution in [1.82, 2.24) is 0 Å². The van der Waals surface area contributed by atoms with E-state index in [4.69, 9.17) is 0 Å². The predicted octanol–water partition coefficient (Wildman–Crippen LogP) is 1.61.